The molecular weight excluding hydrogens is 260 g/mol. The first-order valence-corrected chi connectivity index (χ1v) is 9.37. The Labute approximate surface area is 118 Å². The third-order valence-electron chi connectivity index (χ3n) is 4.62. The molecule has 2 unspecified atom stereocenters. The molecule has 2 rings (SSSR count). The zero-order chi connectivity index (χ0) is 13.9. The zero-order valence-corrected chi connectivity index (χ0v) is 13.1. The normalized spacial score (nSPS) is 30.8. The van der Waals surface area contributed by atoms with Gasteiger partial charge in [0.1, 0.15) is 0 Å². The minimum Gasteiger partial charge on any atom is -0.311 e. The van der Waals surface area contributed by atoms with E-state index in [0.29, 0.717) is 37.3 Å². The fourth-order valence-corrected chi connectivity index (χ4v) is 4.92. The lowest BCUT2D eigenvalue weighted by Gasteiger charge is -2.34. The van der Waals surface area contributed by atoms with Crippen LogP contribution in [-0.4, -0.2) is 43.6 Å². The molecule has 0 spiro atoms. The molecule has 0 aromatic rings. The van der Waals surface area contributed by atoms with Crippen molar-refractivity contribution in [3.05, 3.63) is 0 Å². The molecule has 0 amide bonds. The molecule has 0 radical (unpaired) electrons. The maximum Gasteiger partial charge on any atom is 0.214 e. The van der Waals surface area contributed by atoms with Gasteiger partial charge in [-0.15, -0.1) is 0 Å². The molecule has 0 aromatic heterocycles. The van der Waals surface area contributed by atoms with Gasteiger partial charge < -0.3 is 5.32 Å². The molecule has 1 N–H and O–H groups in total. The summed E-state index contributed by atoms with van der Waals surface area (Å²) in [6, 6.07) is 1.17. The average Bonchev–Trinajstić information content (AvgIpc) is 2.76. The Hall–Kier alpha value is -0.130. The zero-order valence-electron chi connectivity index (χ0n) is 12.3. The van der Waals surface area contributed by atoms with Crippen LogP contribution in [0, 0.1) is 5.92 Å². The molecule has 0 aromatic carbocycles. The van der Waals surface area contributed by atoms with E-state index >= 15 is 0 Å². The first-order valence-electron chi connectivity index (χ1n) is 7.77. The Morgan fingerprint density at radius 1 is 1.16 bits per heavy atom. The largest absolute Gasteiger partial charge is 0.311 e. The van der Waals surface area contributed by atoms with Crippen molar-refractivity contribution in [2.24, 2.45) is 5.92 Å². The van der Waals surface area contributed by atoms with E-state index in [2.05, 4.69) is 12.2 Å². The molecule has 1 aliphatic heterocycles. The molecule has 112 valence electrons. The highest BCUT2D eigenvalue weighted by Crippen LogP contribution is 2.26. The van der Waals surface area contributed by atoms with Crippen molar-refractivity contribution in [1.82, 2.24) is 9.62 Å². The van der Waals surface area contributed by atoms with Crippen LogP contribution in [-0.2, 0) is 10.0 Å². The van der Waals surface area contributed by atoms with Crippen LogP contribution >= 0.6 is 0 Å². The lowest BCUT2D eigenvalue weighted by atomic mass is 10.0. The van der Waals surface area contributed by atoms with Crippen LogP contribution in [0.25, 0.3) is 0 Å². The molecule has 5 heteroatoms. The van der Waals surface area contributed by atoms with E-state index in [1.54, 1.807) is 4.31 Å². The number of nitrogens with zero attached hydrogens (tertiary/aromatic N) is 1. The van der Waals surface area contributed by atoms with Crippen LogP contribution in [0.3, 0.4) is 0 Å². The summed E-state index contributed by atoms with van der Waals surface area (Å²) in [5, 5.41) is 3.75. The first kappa shape index (κ1) is 15.3. The van der Waals surface area contributed by atoms with E-state index in [-0.39, 0.29) is 0 Å². The van der Waals surface area contributed by atoms with E-state index in [0.717, 1.165) is 18.8 Å². The van der Waals surface area contributed by atoms with Gasteiger partial charge in [0.15, 0.2) is 0 Å². The van der Waals surface area contributed by atoms with Crippen LogP contribution in [0.5, 0.6) is 0 Å². The van der Waals surface area contributed by atoms with Gasteiger partial charge in [-0.3, -0.25) is 0 Å². The van der Waals surface area contributed by atoms with Crippen molar-refractivity contribution in [2.45, 2.75) is 64.5 Å². The molecule has 1 saturated heterocycles. The van der Waals surface area contributed by atoms with E-state index in [1.165, 1.54) is 19.3 Å². The highest BCUT2D eigenvalue weighted by molar-refractivity contribution is 7.89. The number of nitrogens with one attached hydrogen (secondary N) is 1. The Morgan fingerprint density at radius 2 is 1.84 bits per heavy atom. The van der Waals surface area contributed by atoms with Crippen molar-refractivity contribution < 1.29 is 8.42 Å². The van der Waals surface area contributed by atoms with Crippen LogP contribution in [0.4, 0.5) is 0 Å². The highest BCUT2D eigenvalue weighted by atomic mass is 32.2. The Kier molecular flexibility index (Phi) is 5.26. The van der Waals surface area contributed by atoms with E-state index in [1.807, 2.05) is 6.92 Å². The summed E-state index contributed by atoms with van der Waals surface area (Å²) in [5.74, 6) is 1.08. The van der Waals surface area contributed by atoms with Crippen molar-refractivity contribution in [1.29, 1.82) is 0 Å². The summed E-state index contributed by atoms with van der Waals surface area (Å²) in [6.45, 7) is 5.64. The minimum atomic E-state index is -2.99. The lowest BCUT2D eigenvalue weighted by Crippen LogP contribution is -2.48. The van der Waals surface area contributed by atoms with Gasteiger partial charge in [-0.25, -0.2) is 12.7 Å². The van der Waals surface area contributed by atoms with Gasteiger partial charge in [0.05, 0.1) is 5.75 Å². The molecular formula is C14H28N2O2S. The number of rotatable bonds is 5. The second kappa shape index (κ2) is 6.55. The predicted octanol–water partition coefficient (Wildman–Crippen LogP) is 1.97. The fraction of sp³-hybridized carbons (Fsp3) is 1.00. The summed E-state index contributed by atoms with van der Waals surface area (Å²) in [5.41, 5.74) is 0. The van der Waals surface area contributed by atoms with Gasteiger partial charge in [-0.2, -0.15) is 0 Å². The van der Waals surface area contributed by atoms with Crippen molar-refractivity contribution in [2.75, 3.05) is 18.8 Å². The number of hydrogen-bond acceptors (Lipinski definition) is 3. The predicted molar refractivity (Wildman–Crippen MR) is 78.6 cm³/mol. The summed E-state index contributed by atoms with van der Waals surface area (Å²) in [6.07, 6.45) is 6.60. The average molecular weight is 288 g/mol. The molecule has 4 nitrogen and oxygen atoms in total. The second-order valence-corrected chi connectivity index (χ2v) is 8.26. The third-order valence-corrected chi connectivity index (χ3v) is 6.70. The number of hydrogen-bond donors (Lipinski definition) is 1. The van der Waals surface area contributed by atoms with Gasteiger partial charge >= 0.3 is 0 Å². The van der Waals surface area contributed by atoms with Gasteiger partial charge in [0.2, 0.25) is 10.0 Å². The van der Waals surface area contributed by atoms with E-state index in [9.17, 15) is 8.42 Å². The van der Waals surface area contributed by atoms with Crippen LogP contribution in [0.15, 0.2) is 0 Å². The smallest absolute Gasteiger partial charge is 0.214 e. The maximum absolute atomic E-state index is 12.0. The van der Waals surface area contributed by atoms with E-state index in [4.69, 9.17) is 0 Å². The first-order chi connectivity index (χ1) is 9.03. The highest BCUT2D eigenvalue weighted by Gasteiger charge is 2.30. The molecule has 2 fully saturated rings. The summed E-state index contributed by atoms with van der Waals surface area (Å²) >= 11 is 0. The van der Waals surface area contributed by atoms with Crippen LogP contribution in [0.2, 0.25) is 0 Å². The number of piperidine rings is 1. The van der Waals surface area contributed by atoms with Gasteiger partial charge in [-0.1, -0.05) is 20.3 Å². The van der Waals surface area contributed by atoms with Gasteiger partial charge in [0.25, 0.3) is 0 Å². The topological polar surface area (TPSA) is 49.4 Å². The Morgan fingerprint density at radius 3 is 2.37 bits per heavy atom. The molecule has 19 heavy (non-hydrogen) atoms. The monoisotopic (exact) mass is 288 g/mol. The van der Waals surface area contributed by atoms with Crippen molar-refractivity contribution >= 4 is 10.0 Å². The molecule has 1 aliphatic carbocycles. The fourth-order valence-electron chi connectivity index (χ4n) is 3.38. The summed E-state index contributed by atoms with van der Waals surface area (Å²) in [7, 11) is -2.99. The molecule has 2 atom stereocenters. The quantitative estimate of drug-likeness (QED) is 0.841. The Bertz CT molecular complexity index is 375. The Balaban J connectivity index is 1.79. The van der Waals surface area contributed by atoms with E-state index < -0.39 is 10.0 Å². The molecule has 2 aliphatic rings. The number of sulfonamides is 1. The second-order valence-electron chi connectivity index (χ2n) is 6.17. The maximum atomic E-state index is 12.0. The van der Waals surface area contributed by atoms with Crippen LogP contribution in [0.1, 0.15) is 52.4 Å². The summed E-state index contributed by atoms with van der Waals surface area (Å²) in [4.78, 5) is 0. The molecule has 1 saturated carbocycles. The molecule has 1 heterocycles. The van der Waals surface area contributed by atoms with Crippen LogP contribution < -0.4 is 5.32 Å². The summed E-state index contributed by atoms with van der Waals surface area (Å²) < 4.78 is 25.7. The third kappa shape index (κ3) is 3.92. The minimum absolute atomic E-state index is 0.296. The SMILES string of the molecule is CCCS(=O)(=O)N1CCC(NC2CCCC2C)CC1. The lowest BCUT2D eigenvalue weighted by molar-refractivity contribution is 0.260. The molecule has 0 bridgehead atoms. The van der Waals surface area contributed by atoms with Crippen molar-refractivity contribution in [3.8, 4) is 0 Å². The standard InChI is InChI=1S/C14H28N2O2S/c1-3-11-19(17,18)16-9-7-13(8-10-16)15-14-6-4-5-12(14)2/h12-15H,3-11H2,1-2H3. The van der Waals surface area contributed by atoms with Gasteiger partial charge in [0, 0.05) is 25.2 Å². The van der Waals surface area contributed by atoms with Gasteiger partial charge in [-0.05, 0) is 38.0 Å². The van der Waals surface area contributed by atoms with Crippen molar-refractivity contribution in [3.63, 3.8) is 0 Å².